The van der Waals surface area contributed by atoms with E-state index >= 15 is 0 Å². The summed E-state index contributed by atoms with van der Waals surface area (Å²) in [6.07, 6.45) is 0. The average molecular weight is 439 g/mol. The Bertz CT molecular complexity index is 1160. The van der Waals surface area contributed by atoms with Crippen molar-refractivity contribution in [2.75, 3.05) is 0 Å². The lowest BCUT2D eigenvalue weighted by Crippen LogP contribution is -2.57. The lowest BCUT2D eigenvalue weighted by atomic mass is 9.82. The van der Waals surface area contributed by atoms with Gasteiger partial charge in [-0.25, -0.2) is 4.39 Å². The van der Waals surface area contributed by atoms with E-state index in [9.17, 15) is 18.8 Å². The summed E-state index contributed by atoms with van der Waals surface area (Å²) in [6, 6.07) is 10.6. The molecule has 0 aliphatic carbocycles. The number of para-hydroxylation sites is 1. The van der Waals surface area contributed by atoms with E-state index in [0.717, 1.165) is 5.56 Å². The number of halogens is 1. The molecular formula is C23H26FN5O3. The van der Waals surface area contributed by atoms with E-state index in [1.54, 1.807) is 49.7 Å². The molecule has 2 atom stereocenters. The van der Waals surface area contributed by atoms with Crippen LogP contribution in [0.3, 0.4) is 0 Å². The van der Waals surface area contributed by atoms with Crippen LogP contribution < -0.4 is 16.8 Å². The third-order valence-electron chi connectivity index (χ3n) is 5.16. The van der Waals surface area contributed by atoms with Gasteiger partial charge in [-0.15, -0.1) is 0 Å². The number of Topliss-reactive ketones (excluding diaryl/α,β-unsaturated/α-hetero) is 1. The molecule has 8 nitrogen and oxygen atoms in total. The van der Waals surface area contributed by atoms with E-state index in [1.807, 2.05) is 12.1 Å². The van der Waals surface area contributed by atoms with Gasteiger partial charge in [0.2, 0.25) is 5.91 Å². The predicted molar refractivity (Wildman–Crippen MR) is 118 cm³/mol. The number of primary amides is 1. The Morgan fingerprint density at radius 2 is 1.72 bits per heavy atom. The summed E-state index contributed by atoms with van der Waals surface area (Å²) >= 11 is 0. The second-order valence-corrected chi connectivity index (χ2v) is 8.70. The topological polar surface area (TPSA) is 133 Å². The van der Waals surface area contributed by atoms with E-state index in [-0.39, 0.29) is 11.5 Å². The molecule has 1 unspecified atom stereocenters. The molecular weight excluding hydrogens is 413 g/mol. The van der Waals surface area contributed by atoms with Gasteiger partial charge in [0.1, 0.15) is 11.9 Å². The summed E-state index contributed by atoms with van der Waals surface area (Å²) in [6.45, 7) is 5.56. The van der Waals surface area contributed by atoms with Gasteiger partial charge < -0.3 is 16.8 Å². The predicted octanol–water partition coefficient (Wildman–Crippen LogP) is 1.75. The minimum Gasteiger partial charge on any atom is -0.368 e. The molecule has 9 heteroatoms. The number of rotatable bonds is 7. The number of amides is 2. The number of hydrogen-bond acceptors (Lipinski definition) is 5. The fourth-order valence-electron chi connectivity index (χ4n) is 3.41. The monoisotopic (exact) mass is 439 g/mol. The first kappa shape index (κ1) is 23.1. The standard InChI is InChI=1S/C23H26FN5O3/c1-23(2,3)20(19(30)17(25)21(26)31)27-22(32)18-15-6-4-5-7-16(15)29(28-18)12-13-8-10-14(24)11-9-13/h4-11,17,20H,12,25H2,1-3H3,(H2,26,31)(H,27,32)/t17?,20-/m1/s1. The van der Waals surface area contributed by atoms with Crippen molar-refractivity contribution in [3.8, 4) is 0 Å². The van der Waals surface area contributed by atoms with Crippen LogP contribution in [0.5, 0.6) is 0 Å². The van der Waals surface area contributed by atoms with Crippen LogP contribution >= 0.6 is 0 Å². The third-order valence-corrected chi connectivity index (χ3v) is 5.16. The summed E-state index contributed by atoms with van der Waals surface area (Å²) < 4.78 is 14.9. The Labute approximate surface area is 184 Å². The van der Waals surface area contributed by atoms with Crippen molar-refractivity contribution >= 4 is 28.5 Å². The first-order valence-corrected chi connectivity index (χ1v) is 10.1. The van der Waals surface area contributed by atoms with Gasteiger partial charge in [-0.05, 0) is 29.2 Å². The Kier molecular flexibility index (Phi) is 6.40. The van der Waals surface area contributed by atoms with Gasteiger partial charge in [-0.1, -0.05) is 51.1 Å². The number of nitrogens with two attached hydrogens (primary N) is 2. The number of benzene rings is 2. The van der Waals surface area contributed by atoms with Crippen LogP contribution in [0, 0.1) is 11.2 Å². The summed E-state index contributed by atoms with van der Waals surface area (Å²) in [7, 11) is 0. The SMILES string of the molecule is CC(C)(C)[C@H](NC(=O)c1nn(Cc2ccc(F)cc2)c2ccccc12)C(=O)C(N)C(N)=O. The molecule has 168 valence electrons. The van der Waals surface area contributed by atoms with E-state index in [1.165, 1.54) is 12.1 Å². The van der Waals surface area contributed by atoms with Gasteiger partial charge in [-0.2, -0.15) is 5.10 Å². The number of carbonyl (C=O) groups is 3. The van der Waals surface area contributed by atoms with Crippen LogP contribution in [0.15, 0.2) is 48.5 Å². The van der Waals surface area contributed by atoms with Crippen molar-refractivity contribution in [3.05, 3.63) is 65.6 Å². The second kappa shape index (κ2) is 8.88. The van der Waals surface area contributed by atoms with Gasteiger partial charge in [0, 0.05) is 5.39 Å². The van der Waals surface area contributed by atoms with E-state index in [2.05, 4.69) is 10.4 Å². The molecule has 0 aliphatic rings. The van der Waals surface area contributed by atoms with Crippen molar-refractivity contribution < 1.29 is 18.8 Å². The van der Waals surface area contributed by atoms with Crippen LogP contribution in [0.25, 0.3) is 10.9 Å². The summed E-state index contributed by atoms with van der Waals surface area (Å²) in [4.78, 5) is 37.3. The lowest BCUT2D eigenvalue weighted by Gasteiger charge is -2.31. The Morgan fingerprint density at radius 3 is 2.31 bits per heavy atom. The molecule has 2 aromatic carbocycles. The Hall–Kier alpha value is -3.59. The average Bonchev–Trinajstić information content (AvgIpc) is 3.10. The normalized spacial score (nSPS) is 13.5. The molecule has 5 N–H and O–H groups in total. The zero-order chi connectivity index (χ0) is 23.6. The fraction of sp³-hybridized carbons (Fsp3) is 0.304. The summed E-state index contributed by atoms with van der Waals surface area (Å²) in [5.74, 6) is -2.56. The zero-order valence-corrected chi connectivity index (χ0v) is 18.1. The second-order valence-electron chi connectivity index (χ2n) is 8.70. The molecule has 0 spiro atoms. The molecule has 0 bridgehead atoms. The smallest absolute Gasteiger partial charge is 0.273 e. The van der Waals surface area contributed by atoms with Gasteiger partial charge >= 0.3 is 0 Å². The number of aromatic nitrogens is 2. The number of hydrogen-bond donors (Lipinski definition) is 3. The molecule has 0 saturated heterocycles. The van der Waals surface area contributed by atoms with Crippen molar-refractivity contribution in [1.82, 2.24) is 15.1 Å². The lowest BCUT2D eigenvalue weighted by molar-refractivity contribution is -0.131. The quantitative estimate of drug-likeness (QED) is 0.482. The highest BCUT2D eigenvalue weighted by Crippen LogP contribution is 2.24. The third kappa shape index (κ3) is 4.83. The van der Waals surface area contributed by atoms with Crippen LogP contribution in [0.2, 0.25) is 0 Å². The van der Waals surface area contributed by atoms with Crippen molar-refractivity contribution in [2.45, 2.75) is 39.4 Å². The minimum absolute atomic E-state index is 0.123. The Balaban J connectivity index is 1.95. The highest BCUT2D eigenvalue weighted by Gasteiger charge is 2.38. The van der Waals surface area contributed by atoms with Crippen LogP contribution in [-0.4, -0.2) is 39.5 Å². The molecule has 0 fully saturated rings. The first-order chi connectivity index (χ1) is 15.0. The maximum Gasteiger partial charge on any atom is 0.273 e. The molecule has 0 radical (unpaired) electrons. The molecule has 0 saturated carbocycles. The van der Waals surface area contributed by atoms with Crippen LogP contribution in [0.4, 0.5) is 4.39 Å². The zero-order valence-electron chi connectivity index (χ0n) is 18.1. The maximum absolute atomic E-state index is 13.2. The number of fused-ring (bicyclic) bond motifs is 1. The number of ketones is 1. The van der Waals surface area contributed by atoms with E-state index in [4.69, 9.17) is 11.5 Å². The minimum atomic E-state index is -1.53. The molecule has 32 heavy (non-hydrogen) atoms. The number of carbonyl (C=O) groups excluding carboxylic acids is 3. The molecule has 1 heterocycles. The highest BCUT2D eigenvalue weighted by atomic mass is 19.1. The molecule has 3 rings (SSSR count). The summed E-state index contributed by atoms with van der Waals surface area (Å²) in [5.41, 5.74) is 11.7. The van der Waals surface area contributed by atoms with Crippen LogP contribution in [-0.2, 0) is 16.1 Å². The van der Waals surface area contributed by atoms with Crippen molar-refractivity contribution in [1.29, 1.82) is 0 Å². The molecule has 2 amide bonds. The molecule has 0 aliphatic heterocycles. The van der Waals surface area contributed by atoms with E-state index in [0.29, 0.717) is 17.4 Å². The molecule has 3 aromatic rings. The maximum atomic E-state index is 13.2. The van der Waals surface area contributed by atoms with Gasteiger partial charge in [-0.3, -0.25) is 19.1 Å². The summed E-state index contributed by atoms with van der Waals surface area (Å²) in [5, 5.41) is 7.73. The van der Waals surface area contributed by atoms with Crippen molar-refractivity contribution in [2.24, 2.45) is 16.9 Å². The van der Waals surface area contributed by atoms with E-state index < -0.39 is 35.1 Å². The van der Waals surface area contributed by atoms with Gasteiger partial charge in [0.15, 0.2) is 11.5 Å². The van der Waals surface area contributed by atoms with Gasteiger partial charge in [0.05, 0.1) is 18.1 Å². The largest absolute Gasteiger partial charge is 0.368 e. The Morgan fingerprint density at radius 1 is 1.09 bits per heavy atom. The number of nitrogens with one attached hydrogen (secondary N) is 1. The fourth-order valence-corrected chi connectivity index (χ4v) is 3.41. The highest BCUT2D eigenvalue weighted by molar-refractivity contribution is 6.10. The van der Waals surface area contributed by atoms with Gasteiger partial charge in [0.25, 0.3) is 5.91 Å². The van der Waals surface area contributed by atoms with Crippen molar-refractivity contribution in [3.63, 3.8) is 0 Å². The first-order valence-electron chi connectivity index (χ1n) is 10.1. The van der Waals surface area contributed by atoms with Crippen LogP contribution in [0.1, 0.15) is 36.8 Å². The number of nitrogens with zero attached hydrogens (tertiary/aromatic N) is 2. The molecule has 1 aromatic heterocycles.